The summed E-state index contributed by atoms with van der Waals surface area (Å²) in [4.78, 5) is 12.1. The van der Waals surface area contributed by atoms with Crippen LogP contribution in [-0.4, -0.2) is 29.2 Å². The number of phenols is 1. The molecule has 0 heterocycles. The van der Waals surface area contributed by atoms with Gasteiger partial charge in [0.25, 0.3) is 0 Å². The third kappa shape index (κ3) is 11.0. The molecule has 0 aliphatic carbocycles. The molecular formula is C23H38O4. The first kappa shape index (κ1) is 23.5. The van der Waals surface area contributed by atoms with Gasteiger partial charge in [-0.05, 0) is 30.5 Å². The second-order valence-corrected chi connectivity index (χ2v) is 7.52. The molecule has 1 aromatic rings. The summed E-state index contributed by atoms with van der Waals surface area (Å²) in [6.45, 7) is 2.24. The van der Waals surface area contributed by atoms with E-state index in [1.807, 2.05) is 0 Å². The van der Waals surface area contributed by atoms with Crippen molar-refractivity contribution in [1.29, 1.82) is 0 Å². The van der Waals surface area contributed by atoms with Crippen LogP contribution in [0.1, 0.15) is 89.5 Å². The molecule has 0 radical (unpaired) electrons. The van der Waals surface area contributed by atoms with Crippen LogP contribution < -0.4 is 4.74 Å². The molecule has 0 amide bonds. The number of Topliss-reactive ketones (excluding diaryl/α,β-unsaturated/α-hetero) is 1. The lowest BCUT2D eigenvalue weighted by Crippen LogP contribution is -2.14. The number of carbonyl (C=O) groups is 1. The highest BCUT2D eigenvalue weighted by atomic mass is 16.5. The number of aromatic hydroxyl groups is 1. The van der Waals surface area contributed by atoms with Crippen LogP contribution in [0.5, 0.6) is 11.5 Å². The van der Waals surface area contributed by atoms with Crippen LogP contribution in [0.2, 0.25) is 0 Å². The highest BCUT2D eigenvalue weighted by Gasteiger charge is 2.11. The number of rotatable bonds is 16. The minimum absolute atomic E-state index is 0.0884. The molecule has 0 aromatic heterocycles. The van der Waals surface area contributed by atoms with E-state index in [2.05, 4.69) is 6.92 Å². The van der Waals surface area contributed by atoms with Crippen molar-refractivity contribution in [2.24, 2.45) is 0 Å². The van der Waals surface area contributed by atoms with E-state index in [9.17, 15) is 15.0 Å². The molecule has 27 heavy (non-hydrogen) atoms. The normalized spacial score (nSPS) is 12.1. The molecule has 0 fully saturated rings. The van der Waals surface area contributed by atoms with Crippen molar-refractivity contribution < 1.29 is 19.7 Å². The Labute approximate surface area is 164 Å². The van der Waals surface area contributed by atoms with Crippen molar-refractivity contribution in [2.75, 3.05) is 7.11 Å². The SMILES string of the molecule is CCCCCCCCCCC[C@@H](O)CC(=O)CCc1ccc(O)c(OC)c1. The number of aliphatic hydroxyl groups excluding tert-OH is 1. The maximum absolute atomic E-state index is 12.1. The molecule has 4 heteroatoms. The summed E-state index contributed by atoms with van der Waals surface area (Å²) in [6.07, 6.45) is 12.8. The monoisotopic (exact) mass is 378 g/mol. The van der Waals surface area contributed by atoms with Crippen LogP contribution >= 0.6 is 0 Å². The Kier molecular flexibility index (Phi) is 12.6. The Morgan fingerprint density at radius 2 is 1.67 bits per heavy atom. The molecule has 1 aromatic carbocycles. The fourth-order valence-corrected chi connectivity index (χ4v) is 3.32. The predicted molar refractivity (Wildman–Crippen MR) is 110 cm³/mol. The summed E-state index contributed by atoms with van der Waals surface area (Å²) >= 11 is 0. The molecule has 0 saturated carbocycles. The molecule has 1 rings (SSSR count). The molecule has 0 aliphatic heterocycles. The summed E-state index contributed by atoms with van der Waals surface area (Å²) in [5, 5.41) is 19.7. The maximum Gasteiger partial charge on any atom is 0.160 e. The van der Waals surface area contributed by atoms with Crippen LogP contribution in [0.4, 0.5) is 0 Å². The van der Waals surface area contributed by atoms with E-state index < -0.39 is 6.10 Å². The number of methoxy groups -OCH3 is 1. The first-order valence-corrected chi connectivity index (χ1v) is 10.6. The number of ether oxygens (including phenoxy) is 1. The van der Waals surface area contributed by atoms with E-state index in [0.29, 0.717) is 25.0 Å². The summed E-state index contributed by atoms with van der Waals surface area (Å²) in [6, 6.07) is 5.13. The van der Waals surface area contributed by atoms with Gasteiger partial charge < -0.3 is 14.9 Å². The highest BCUT2D eigenvalue weighted by Crippen LogP contribution is 2.26. The molecule has 154 valence electrons. The van der Waals surface area contributed by atoms with E-state index in [4.69, 9.17) is 4.74 Å². The number of ketones is 1. The fourth-order valence-electron chi connectivity index (χ4n) is 3.32. The van der Waals surface area contributed by atoms with E-state index in [0.717, 1.165) is 18.4 Å². The van der Waals surface area contributed by atoms with Crippen LogP contribution in [0.25, 0.3) is 0 Å². The van der Waals surface area contributed by atoms with Crippen molar-refractivity contribution in [3.05, 3.63) is 23.8 Å². The number of hydrogen-bond acceptors (Lipinski definition) is 4. The molecule has 2 N–H and O–H groups in total. The van der Waals surface area contributed by atoms with Gasteiger partial charge in [-0.1, -0.05) is 70.8 Å². The second kappa shape index (κ2) is 14.5. The van der Waals surface area contributed by atoms with Gasteiger partial charge in [0.2, 0.25) is 0 Å². The first-order valence-electron chi connectivity index (χ1n) is 10.6. The first-order chi connectivity index (χ1) is 13.1. The number of aliphatic hydroxyl groups is 1. The number of aryl methyl sites for hydroxylation is 1. The van der Waals surface area contributed by atoms with Crippen LogP contribution in [0.15, 0.2) is 18.2 Å². The maximum atomic E-state index is 12.1. The summed E-state index contributed by atoms with van der Waals surface area (Å²) in [7, 11) is 1.51. The summed E-state index contributed by atoms with van der Waals surface area (Å²) in [5.74, 6) is 0.611. The number of hydrogen-bond donors (Lipinski definition) is 2. The van der Waals surface area contributed by atoms with Crippen LogP contribution in [0, 0.1) is 0 Å². The Bertz CT molecular complexity index is 527. The number of carbonyl (C=O) groups excluding carboxylic acids is 1. The van der Waals surface area contributed by atoms with Crippen LogP contribution in [0.3, 0.4) is 0 Å². The van der Waals surface area contributed by atoms with Gasteiger partial charge in [0.15, 0.2) is 11.5 Å². The molecule has 0 aliphatic rings. The van der Waals surface area contributed by atoms with Crippen molar-refractivity contribution in [3.8, 4) is 11.5 Å². The van der Waals surface area contributed by atoms with Crippen LogP contribution in [-0.2, 0) is 11.2 Å². The molecular weight excluding hydrogens is 340 g/mol. The van der Waals surface area contributed by atoms with Gasteiger partial charge in [0, 0.05) is 12.8 Å². The zero-order valence-corrected chi connectivity index (χ0v) is 17.2. The highest BCUT2D eigenvalue weighted by molar-refractivity contribution is 5.79. The average molecular weight is 379 g/mol. The average Bonchev–Trinajstić information content (AvgIpc) is 2.66. The Hall–Kier alpha value is -1.55. The number of phenolic OH excluding ortho intramolecular Hbond substituents is 1. The molecule has 0 saturated heterocycles. The Balaban J connectivity index is 2.09. The van der Waals surface area contributed by atoms with Gasteiger partial charge in [0.05, 0.1) is 13.2 Å². The second-order valence-electron chi connectivity index (χ2n) is 7.52. The zero-order valence-electron chi connectivity index (χ0n) is 17.2. The lowest BCUT2D eigenvalue weighted by atomic mass is 10.00. The zero-order chi connectivity index (χ0) is 19.9. The van der Waals surface area contributed by atoms with E-state index >= 15 is 0 Å². The van der Waals surface area contributed by atoms with Gasteiger partial charge in [-0.2, -0.15) is 0 Å². The molecule has 0 spiro atoms. The predicted octanol–water partition coefficient (Wildman–Crippen LogP) is 5.57. The molecule has 4 nitrogen and oxygen atoms in total. The Morgan fingerprint density at radius 3 is 2.30 bits per heavy atom. The summed E-state index contributed by atoms with van der Waals surface area (Å²) < 4.78 is 5.08. The van der Waals surface area contributed by atoms with E-state index in [1.54, 1.807) is 18.2 Å². The fraction of sp³-hybridized carbons (Fsp3) is 0.696. The smallest absolute Gasteiger partial charge is 0.160 e. The van der Waals surface area contributed by atoms with Gasteiger partial charge >= 0.3 is 0 Å². The van der Waals surface area contributed by atoms with E-state index in [-0.39, 0.29) is 18.0 Å². The van der Waals surface area contributed by atoms with Gasteiger partial charge in [0.1, 0.15) is 5.78 Å². The molecule has 0 unspecified atom stereocenters. The van der Waals surface area contributed by atoms with Crippen molar-refractivity contribution >= 4 is 5.78 Å². The van der Waals surface area contributed by atoms with Crippen molar-refractivity contribution in [1.82, 2.24) is 0 Å². The topological polar surface area (TPSA) is 66.8 Å². The minimum atomic E-state index is -0.517. The minimum Gasteiger partial charge on any atom is -0.504 e. The van der Waals surface area contributed by atoms with E-state index in [1.165, 1.54) is 52.1 Å². The molecule has 0 bridgehead atoms. The number of benzene rings is 1. The lowest BCUT2D eigenvalue weighted by molar-refractivity contribution is -0.121. The van der Waals surface area contributed by atoms with Crippen molar-refractivity contribution in [3.63, 3.8) is 0 Å². The number of unbranched alkanes of at least 4 members (excludes halogenated alkanes) is 8. The summed E-state index contributed by atoms with van der Waals surface area (Å²) in [5.41, 5.74) is 0.950. The Morgan fingerprint density at radius 1 is 1.04 bits per heavy atom. The third-order valence-electron chi connectivity index (χ3n) is 5.04. The van der Waals surface area contributed by atoms with Crippen molar-refractivity contribution in [2.45, 2.75) is 96.5 Å². The van der Waals surface area contributed by atoms with Gasteiger partial charge in [-0.15, -0.1) is 0 Å². The lowest BCUT2D eigenvalue weighted by Gasteiger charge is -2.10. The standard InChI is InChI=1S/C23H38O4/c1-3-4-5-6-7-8-9-10-11-12-20(24)18-21(25)15-13-19-14-16-22(26)23(17-19)27-2/h14,16-17,20,24,26H,3-13,15,18H2,1-2H3/t20-/m1/s1. The largest absolute Gasteiger partial charge is 0.504 e. The van der Waals surface area contributed by atoms with Gasteiger partial charge in [-0.25, -0.2) is 0 Å². The molecule has 1 atom stereocenters. The quantitative estimate of drug-likeness (QED) is 0.369. The van der Waals surface area contributed by atoms with Gasteiger partial charge in [-0.3, -0.25) is 4.79 Å². The third-order valence-corrected chi connectivity index (χ3v) is 5.04.